The molecule has 0 saturated carbocycles. The summed E-state index contributed by atoms with van der Waals surface area (Å²) in [5.41, 5.74) is 0. The topological polar surface area (TPSA) is 95.9 Å². The lowest BCUT2D eigenvalue weighted by Crippen LogP contribution is -2.46. The molecule has 0 spiro atoms. The maximum absolute atomic E-state index is 13.2. The van der Waals surface area contributed by atoms with E-state index in [-0.39, 0.29) is 31.3 Å². The van der Waals surface area contributed by atoms with E-state index in [0.29, 0.717) is 19.3 Å². The molecule has 3 atom stereocenters. The van der Waals surface area contributed by atoms with Crippen molar-refractivity contribution < 1.29 is 24.5 Å². The van der Waals surface area contributed by atoms with Crippen LogP contribution >= 0.6 is 0 Å². The Morgan fingerprint density at radius 1 is 0.469 bits per heavy atom. The molecule has 6 nitrogen and oxygen atoms in total. The van der Waals surface area contributed by atoms with Crippen molar-refractivity contribution in [2.45, 2.75) is 238 Å². The van der Waals surface area contributed by atoms with Crippen molar-refractivity contribution in [3.8, 4) is 0 Å². The number of hydrogen-bond acceptors (Lipinski definition) is 5. The molecule has 0 aromatic heterocycles. The smallest absolute Gasteiger partial charge is 0.306 e. The van der Waals surface area contributed by atoms with E-state index >= 15 is 0 Å². The van der Waals surface area contributed by atoms with Crippen molar-refractivity contribution in [3.05, 3.63) is 109 Å². The first kappa shape index (κ1) is 60.5. The Morgan fingerprint density at radius 3 is 1.25 bits per heavy atom. The Kier molecular flexibility index (Phi) is 47.8. The van der Waals surface area contributed by atoms with Crippen molar-refractivity contribution in [1.29, 1.82) is 0 Å². The monoisotopic (exact) mass is 888 g/mol. The van der Waals surface area contributed by atoms with Crippen LogP contribution in [-0.2, 0) is 14.3 Å². The number of amides is 1. The maximum Gasteiger partial charge on any atom is 0.306 e. The highest BCUT2D eigenvalue weighted by Gasteiger charge is 2.23. The molecular weight excluding hydrogens is 791 g/mol. The van der Waals surface area contributed by atoms with Crippen LogP contribution in [0.1, 0.15) is 220 Å². The van der Waals surface area contributed by atoms with Gasteiger partial charge in [0.05, 0.1) is 25.2 Å². The van der Waals surface area contributed by atoms with Crippen LogP contribution in [0.4, 0.5) is 0 Å². The van der Waals surface area contributed by atoms with Crippen LogP contribution in [0.5, 0.6) is 0 Å². The summed E-state index contributed by atoms with van der Waals surface area (Å²) >= 11 is 0. The molecule has 0 aromatic carbocycles. The van der Waals surface area contributed by atoms with Crippen LogP contribution in [0, 0.1) is 0 Å². The summed E-state index contributed by atoms with van der Waals surface area (Å²) in [7, 11) is 0. The summed E-state index contributed by atoms with van der Waals surface area (Å²) in [6.07, 6.45) is 68.8. The van der Waals surface area contributed by atoms with Gasteiger partial charge in [-0.05, 0) is 89.9 Å². The van der Waals surface area contributed by atoms with Gasteiger partial charge < -0.3 is 20.3 Å². The minimum absolute atomic E-state index is 0.00376. The summed E-state index contributed by atoms with van der Waals surface area (Å²) in [6.45, 7) is 6.22. The van der Waals surface area contributed by atoms with Crippen molar-refractivity contribution in [3.63, 3.8) is 0 Å². The van der Waals surface area contributed by atoms with Crippen LogP contribution in [0.3, 0.4) is 0 Å². The number of carbonyl (C=O) groups excluding carboxylic acids is 2. The first-order valence-corrected chi connectivity index (χ1v) is 26.1. The molecule has 3 unspecified atom stereocenters. The predicted molar refractivity (Wildman–Crippen MR) is 277 cm³/mol. The van der Waals surface area contributed by atoms with Gasteiger partial charge in [-0.2, -0.15) is 0 Å². The predicted octanol–water partition coefficient (Wildman–Crippen LogP) is 15.9. The molecule has 0 aromatic rings. The van der Waals surface area contributed by atoms with Gasteiger partial charge in [0.2, 0.25) is 5.91 Å². The molecule has 364 valence electrons. The first-order valence-electron chi connectivity index (χ1n) is 26.1. The number of aliphatic hydroxyl groups is 2. The molecular formula is C58H97NO5. The van der Waals surface area contributed by atoms with Crippen LogP contribution < -0.4 is 5.32 Å². The van der Waals surface area contributed by atoms with Gasteiger partial charge in [-0.1, -0.05) is 226 Å². The zero-order chi connectivity index (χ0) is 46.7. The van der Waals surface area contributed by atoms with Crippen molar-refractivity contribution >= 4 is 11.9 Å². The van der Waals surface area contributed by atoms with Crippen LogP contribution in [0.2, 0.25) is 0 Å². The summed E-state index contributed by atoms with van der Waals surface area (Å²) in [5.74, 6) is -0.636. The maximum atomic E-state index is 13.2. The van der Waals surface area contributed by atoms with Crippen molar-refractivity contribution in [2.75, 3.05) is 6.61 Å². The third kappa shape index (κ3) is 45.1. The molecule has 0 aliphatic heterocycles. The number of hydrogen-bond donors (Lipinski definition) is 3. The number of carbonyl (C=O) groups is 2. The van der Waals surface area contributed by atoms with E-state index in [0.717, 1.165) is 89.9 Å². The normalized spacial score (nSPS) is 14.1. The molecule has 0 saturated heterocycles. The van der Waals surface area contributed by atoms with Crippen LogP contribution in [0.15, 0.2) is 109 Å². The van der Waals surface area contributed by atoms with Crippen LogP contribution in [0.25, 0.3) is 0 Å². The zero-order valence-corrected chi connectivity index (χ0v) is 41.4. The Morgan fingerprint density at radius 2 is 0.844 bits per heavy atom. The SMILES string of the molecule is CC/C=C/C/C=C/C/C=C/C/C=C/C/C=C/CCC(=O)OC(CCC/C=C/C/C=C/C/C=C/C/C=C/CC)CC(=O)NC(CO)C(O)CCCCCCCCCCCCCCCCC. The first-order chi connectivity index (χ1) is 31.5. The summed E-state index contributed by atoms with van der Waals surface area (Å²) in [4.78, 5) is 26.1. The average molecular weight is 888 g/mol. The molecule has 0 rings (SSSR count). The van der Waals surface area contributed by atoms with Gasteiger partial charge in [-0.25, -0.2) is 0 Å². The molecule has 1 amide bonds. The van der Waals surface area contributed by atoms with E-state index in [9.17, 15) is 19.8 Å². The summed E-state index contributed by atoms with van der Waals surface area (Å²) < 4.78 is 5.86. The fourth-order valence-electron chi connectivity index (χ4n) is 7.24. The van der Waals surface area contributed by atoms with Gasteiger partial charge >= 0.3 is 5.97 Å². The Balaban J connectivity index is 4.77. The molecule has 64 heavy (non-hydrogen) atoms. The van der Waals surface area contributed by atoms with Gasteiger partial charge in [0.1, 0.15) is 6.10 Å². The van der Waals surface area contributed by atoms with E-state index in [1.165, 1.54) is 77.0 Å². The van der Waals surface area contributed by atoms with Gasteiger partial charge in [0.15, 0.2) is 0 Å². The van der Waals surface area contributed by atoms with E-state index in [4.69, 9.17) is 4.74 Å². The van der Waals surface area contributed by atoms with Gasteiger partial charge in [0, 0.05) is 6.42 Å². The highest BCUT2D eigenvalue weighted by Crippen LogP contribution is 2.16. The number of allylic oxidation sites excluding steroid dienone is 18. The largest absolute Gasteiger partial charge is 0.462 e. The second-order valence-electron chi connectivity index (χ2n) is 17.2. The lowest BCUT2D eigenvalue weighted by molar-refractivity contribution is -0.150. The summed E-state index contributed by atoms with van der Waals surface area (Å²) in [5, 5.41) is 23.8. The molecule has 0 aliphatic carbocycles. The van der Waals surface area contributed by atoms with Gasteiger partial charge in [0.25, 0.3) is 0 Å². The fourth-order valence-corrected chi connectivity index (χ4v) is 7.24. The van der Waals surface area contributed by atoms with Gasteiger partial charge in [-0.15, -0.1) is 0 Å². The van der Waals surface area contributed by atoms with E-state index < -0.39 is 18.2 Å². The van der Waals surface area contributed by atoms with Crippen molar-refractivity contribution in [1.82, 2.24) is 5.32 Å². The minimum atomic E-state index is -0.821. The summed E-state index contributed by atoms with van der Waals surface area (Å²) in [6, 6.07) is -0.741. The quantitative estimate of drug-likeness (QED) is 0.0322. The standard InChI is InChI=1S/C58H97NO5/c1-4-7-10-13-16-19-22-25-28-30-33-36-39-42-45-48-51-58(63)64-54(49-46-43-40-37-34-31-27-24-21-18-15-12-9-6-3)52-57(62)59-55(53-60)56(61)50-47-44-41-38-35-32-29-26-23-20-17-14-11-8-5-2/h7,9-10,12,16,18-19,21,25,27-28,31,33,36-37,40,42,45,54-56,60-61H,4-6,8,11,13-15,17,20,22-24,26,29-30,32,34-35,38-39,41,43-44,46-53H2,1-3H3,(H,59,62)/b10-7+,12-9+,19-16+,21-18+,28-25+,31-27+,36-33+,40-37+,45-42+. The number of esters is 1. The molecule has 0 radical (unpaired) electrons. The molecule has 6 heteroatoms. The molecule has 3 N–H and O–H groups in total. The number of nitrogens with one attached hydrogen (secondary N) is 1. The third-order valence-electron chi connectivity index (χ3n) is 11.1. The highest BCUT2D eigenvalue weighted by molar-refractivity contribution is 5.77. The van der Waals surface area contributed by atoms with Crippen molar-refractivity contribution in [2.24, 2.45) is 0 Å². The Bertz CT molecular complexity index is 1320. The second-order valence-corrected chi connectivity index (χ2v) is 17.2. The number of aliphatic hydroxyl groups excluding tert-OH is 2. The molecule has 0 heterocycles. The number of unbranched alkanes of at least 4 members (excludes halogenated alkanes) is 15. The Labute approximate surface area is 394 Å². The minimum Gasteiger partial charge on any atom is -0.462 e. The zero-order valence-electron chi connectivity index (χ0n) is 41.4. The average Bonchev–Trinajstić information content (AvgIpc) is 3.29. The number of ether oxygens (including phenoxy) is 1. The lowest BCUT2D eigenvalue weighted by atomic mass is 10.0. The van der Waals surface area contributed by atoms with E-state index in [2.05, 4.69) is 129 Å². The van der Waals surface area contributed by atoms with E-state index in [1.54, 1.807) is 0 Å². The highest BCUT2D eigenvalue weighted by atomic mass is 16.5. The second kappa shape index (κ2) is 50.5. The van der Waals surface area contributed by atoms with Gasteiger partial charge in [-0.3, -0.25) is 9.59 Å². The van der Waals surface area contributed by atoms with Crippen LogP contribution in [-0.4, -0.2) is 46.9 Å². The lowest BCUT2D eigenvalue weighted by Gasteiger charge is -2.24. The van der Waals surface area contributed by atoms with E-state index in [1.807, 2.05) is 6.08 Å². The third-order valence-corrected chi connectivity index (χ3v) is 11.1. The molecule has 0 fully saturated rings. The fraction of sp³-hybridized carbons (Fsp3) is 0.655. The number of rotatable bonds is 45. The Hall–Kier alpha value is -3.48. The molecule has 0 aliphatic rings. The molecule has 0 bridgehead atoms.